The van der Waals surface area contributed by atoms with E-state index in [1.165, 1.54) is 12.1 Å². The second-order valence-electron chi connectivity index (χ2n) is 3.53. The Labute approximate surface area is 104 Å². The summed E-state index contributed by atoms with van der Waals surface area (Å²) in [6.45, 7) is 0.190. The van der Waals surface area contributed by atoms with Crippen LogP contribution >= 0.6 is 11.6 Å². The van der Waals surface area contributed by atoms with Crippen LogP contribution in [-0.4, -0.2) is 10.2 Å². The number of rotatable bonds is 3. The van der Waals surface area contributed by atoms with Crippen LogP contribution in [0, 0.1) is 0 Å². The highest BCUT2D eigenvalue weighted by molar-refractivity contribution is 6.32. The molecule has 0 heterocycles. The first-order chi connectivity index (χ1) is 8.16. The highest BCUT2D eigenvalue weighted by Crippen LogP contribution is 2.27. The minimum absolute atomic E-state index is 0.00273. The lowest BCUT2D eigenvalue weighted by atomic mass is 10.2. The molecule has 0 aromatic heterocycles. The molecule has 3 nitrogen and oxygen atoms in total. The maximum atomic E-state index is 9.57. The van der Waals surface area contributed by atoms with E-state index in [0.717, 1.165) is 0 Å². The second kappa shape index (κ2) is 4.97. The first-order valence-electron chi connectivity index (χ1n) is 5.05. The lowest BCUT2D eigenvalue weighted by Gasteiger charge is -2.09. The van der Waals surface area contributed by atoms with Crippen LogP contribution in [0.5, 0.6) is 17.2 Å². The molecule has 0 aliphatic carbocycles. The third-order valence-corrected chi connectivity index (χ3v) is 2.60. The zero-order chi connectivity index (χ0) is 12.3. The first-order valence-corrected chi connectivity index (χ1v) is 5.43. The van der Waals surface area contributed by atoms with Crippen molar-refractivity contribution in [3.05, 3.63) is 53.1 Å². The predicted octanol–water partition coefficient (Wildman–Crippen LogP) is 3.33. The summed E-state index contributed by atoms with van der Waals surface area (Å²) in [5.41, 5.74) is 0.586. The Morgan fingerprint density at radius 1 is 1.06 bits per heavy atom. The molecule has 0 atom stereocenters. The number of hydrogen-bond donors (Lipinski definition) is 2. The number of phenolic OH excluding ortho intramolecular Hbond substituents is 2. The van der Waals surface area contributed by atoms with Gasteiger partial charge in [-0.1, -0.05) is 23.7 Å². The number of benzene rings is 2. The maximum Gasteiger partial charge on any atom is 0.138 e. The van der Waals surface area contributed by atoms with Gasteiger partial charge >= 0.3 is 0 Å². The summed E-state index contributed by atoms with van der Waals surface area (Å²) in [6, 6.07) is 11.5. The summed E-state index contributed by atoms with van der Waals surface area (Å²) in [7, 11) is 0. The third kappa shape index (κ3) is 2.82. The van der Waals surface area contributed by atoms with E-state index in [1.54, 1.807) is 18.2 Å². The summed E-state index contributed by atoms with van der Waals surface area (Å²) in [5, 5.41) is 19.2. The van der Waals surface area contributed by atoms with E-state index < -0.39 is 0 Å². The molecule has 0 spiro atoms. The fraction of sp³-hybridized carbons (Fsp3) is 0.0769. The van der Waals surface area contributed by atoms with Gasteiger partial charge in [0.05, 0.1) is 5.02 Å². The Hall–Kier alpha value is -1.87. The fourth-order valence-electron chi connectivity index (χ4n) is 1.39. The Bertz CT molecular complexity index is 526. The average molecular weight is 251 g/mol. The Kier molecular flexibility index (Phi) is 3.40. The molecule has 0 amide bonds. The molecule has 0 aliphatic rings. The largest absolute Gasteiger partial charge is 0.508 e. The normalized spacial score (nSPS) is 10.2. The highest BCUT2D eigenvalue weighted by atomic mass is 35.5. The van der Waals surface area contributed by atoms with E-state index in [2.05, 4.69) is 0 Å². The molecule has 0 bridgehead atoms. The van der Waals surface area contributed by atoms with Gasteiger partial charge in [0.15, 0.2) is 0 Å². The van der Waals surface area contributed by atoms with Gasteiger partial charge in [-0.05, 0) is 24.3 Å². The highest BCUT2D eigenvalue weighted by Gasteiger charge is 2.05. The zero-order valence-corrected chi connectivity index (χ0v) is 9.69. The van der Waals surface area contributed by atoms with Gasteiger partial charge in [0, 0.05) is 11.6 Å². The van der Waals surface area contributed by atoms with Gasteiger partial charge in [-0.2, -0.15) is 0 Å². The predicted molar refractivity (Wildman–Crippen MR) is 65.6 cm³/mol. The fourth-order valence-corrected chi connectivity index (χ4v) is 1.58. The molecule has 0 fully saturated rings. The van der Waals surface area contributed by atoms with Gasteiger partial charge in [0.1, 0.15) is 23.9 Å². The van der Waals surface area contributed by atoms with Gasteiger partial charge in [0.25, 0.3) is 0 Å². The van der Waals surface area contributed by atoms with E-state index in [1.807, 2.05) is 12.1 Å². The molecule has 0 unspecified atom stereocenters. The molecular formula is C13H11ClO3. The van der Waals surface area contributed by atoms with Crippen LogP contribution in [0.1, 0.15) is 5.56 Å². The quantitative estimate of drug-likeness (QED) is 0.879. The van der Waals surface area contributed by atoms with Crippen LogP contribution in [0.4, 0.5) is 0 Å². The van der Waals surface area contributed by atoms with E-state index in [0.29, 0.717) is 16.3 Å². The van der Waals surface area contributed by atoms with Crippen molar-refractivity contribution in [2.45, 2.75) is 6.61 Å². The van der Waals surface area contributed by atoms with E-state index >= 15 is 0 Å². The molecule has 0 saturated carbocycles. The van der Waals surface area contributed by atoms with Crippen LogP contribution in [-0.2, 0) is 6.61 Å². The zero-order valence-electron chi connectivity index (χ0n) is 8.93. The van der Waals surface area contributed by atoms with Crippen LogP contribution in [0.2, 0.25) is 5.02 Å². The number of aromatic hydroxyl groups is 2. The van der Waals surface area contributed by atoms with E-state index in [-0.39, 0.29) is 18.1 Å². The first kappa shape index (κ1) is 11.6. The van der Waals surface area contributed by atoms with Gasteiger partial charge in [-0.15, -0.1) is 0 Å². The molecular weight excluding hydrogens is 240 g/mol. The van der Waals surface area contributed by atoms with Crippen molar-refractivity contribution >= 4 is 11.6 Å². The van der Waals surface area contributed by atoms with Crippen molar-refractivity contribution < 1.29 is 14.9 Å². The van der Waals surface area contributed by atoms with Crippen molar-refractivity contribution in [1.82, 2.24) is 0 Å². The van der Waals surface area contributed by atoms with Crippen LogP contribution in [0.25, 0.3) is 0 Å². The molecule has 2 rings (SSSR count). The molecule has 0 radical (unpaired) electrons. The summed E-state index contributed by atoms with van der Waals surface area (Å²) in [4.78, 5) is 0. The number of hydrogen-bond acceptors (Lipinski definition) is 3. The van der Waals surface area contributed by atoms with E-state index in [9.17, 15) is 5.11 Å². The number of phenols is 2. The van der Waals surface area contributed by atoms with Gasteiger partial charge in [-0.25, -0.2) is 0 Å². The molecule has 2 aromatic rings. The lowest BCUT2D eigenvalue weighted by Crippen LogP contribution is -1.96. The van der Waals surface area contributed by atoms with Gasteiger partial charge < -0.3 is 14.9 Å². The Morgan fingerprint density at radius 3 is 2.53 bits per heavy atom. The maximum absolute atomic E-state index is 9.57. The number of para-hydroxylation sites is 1. The summed E-state index contributed by atoms with van der Waals surface area (Å²) >= 11 is 5.93. The third-order valence-electron chi connectivity index (χ3n) is 2.29. The van der Waals surface area contributed by atoms with Crippen molar-refractivity contribution in [1.29, 1.82) is 0 Å². The van der Waals surface area contributed by atoms with Crippen LogP contribution < -0.4 is 4.74 Å². The minimum atomic E-state index is -0.00273. The Balaban J connectivity index is 2.10. The van der Waals surface area contributed by atoms with Crippen molar-refractivity contribution in [3.63, 3.8) is 0 Å². The standard InChI is InChI=1S/C13H11ClO3/c14-11-3-1-2-4-13(11)17-8-9-5-6-10(15)7-12(9)16/h1-7,15-16H,8H2. The van der Waals surface area contributed by atoms with Crippen molar-refractivity contribution in [3.8, 4) is 17.2 Å². The van der Waals surface area contributed by atoms with E-state index in [4.69, 9.17) is 21.4 Å². The molecule has 0 aliphatic heterocycles. The summed E-state index contributed by atoms with van der Waals surface area (Å²) in [6.07, 6.45) is 0. The molecule has 17 heavy (non-hydrogen) atoms. The summed E-state index contributed by atoms with van der Waals surface area (Å²) < 4.78 is 5.47. The molecule has 2 N–H and O–H groups in total. The van der Waals surface area contributed by atoms with Crippen molar-refractivity contribution in [2.24, 2.45) is 0 Å². The monoisotopic (exact) mass is 250 g/mol. The SMILES string of the molecule is Oc1ccc(COc2ccccc2Cl)c(O)c1. The van der Waals surface area contributed by atoms with Crippen molar-refractivity contribution in [2.75, 3.05) is 0 Å². The van der Waals surface area contributed by atoms with Gasteiger partial charge in [0.2, 0.25) is 0 Å². The van der Waals surface area contributed by atoms with Crippen LogP contribution in [0.15, 0.2) is 42.5 Å². The number of halogens is 1. The minimum Gasteiger partial charge on any atom is -0.508 e. The molecule has 88 valence electrons. The Morgan fingerprint density at radius 2 is 1.82 bits per heavy atom. The molecule has 0 saturated heterocycles. The topological polar surface area (TPSA) is 49.7 Å². The molecule has 2 aromatic carbocycles. The van der Waals surface area contributed by atoms with Gasteiger partial charge in [-0.3, -0.25) is 0 Å². The number of ether oxygens (including phenoxy) is 1. The second-order valence-corrected chi connectivity index (χ2v) is 3.94. The summed E-state index contributed by atoms with van der Waals surface area (Å²) in [5.74, 6) is 0.572. The van der Waals surface area contributed by atoms with Crippen LogP contribution in [0.3, 0.4) is 0 Å². The smallest absolute Gasteiger partial charge is 0.138 e. The lowest BCUT2D eigenvalue weighted by molar-refractivity contribution is 0.299. The average Bonchev–Trinajstić information content (AvgIpc) is 2.30. The molecule has 4 heteroatoms.